The second-order valence-corrected chi connectivity index (χ2v) is 7.19. The number of rotatable bonds is 5. The summed E-state index contributed by atoms with van der Waals surface area (Å²) in [6.45, 7) is 0.205. The molecule has 0 spiro atoms. The highest BCUT2D eigenvalue weighted by atomic mass is 32.2. The topological polar surface area (TPSA) is 72.5 Å². The van der Waals surface area contributed by atoms with Gasteiger partial charge in [-0.05, 0) is 22.9 Å². The molecule has 0 aromatic carbocycles. The van der Waals surface area contributed by atoms with Gasteiger partial charge in [-0.15, -0.1) is 22.7 Å². The largest absolute Gasteiger partial charge is 0.465 e. The van der Waals surface area contributed by atoms with Crippen LogP contribution in [0.1, 0.15) is 14.5 Å². The fourth-order valence-electron chi connectivity index (χ4n) is 1.41. The average Bonchev–Trinajstić information content (AvgIpc) is 3.06. The number of thiophene rings is 2. The maximum absolute atomic E-state index is 12.1. The summed E-state index contributed by atoms with van der Waals surface area (Å²) < 4.78 is 31.3. The Morgan fingerprint density at radius 3 is 2.74 bits per heavy atom. The standard InChI is InChI=1S/C11H11NO4S3/c1-16-11(13)10-9(4-6-18-10)19(14,15)12-7-8-3-2-5-17-8/h2-6,12H,7H2,1H3. The van der Waals surface area contributed by atoms with Crippen LogP contribution in [0.2, 0.25) is 0 Å². The fourth-order valence-corrected chi connectivity index (χ4v) is 4.48. The molecule has 0 bridgehead atoms. The van der Waals surface area contributed by atoms with Gasteiger partial charge in [-0.1, -0.05) is 6.07 Å². The van der Waals surface area contributed by atoms with Gasteiger partial charge in [-0.25, -0.2) is 17.9 Å². The molecule has 2 heterocycles. The summed E-state index contributed by atoms with van der Waals surface area (Å²) in [5, 5.41) is 3.42. The van der Waals surface area contributed by atoms with E-state index in [-0.39, 0.29) is 16.3 Å². The molecular weight excluding hydrogens is 306 g/mol. The number of esters is 1. The van der Waals surface area contributed by atoms with Gasteiger partial charge >= 0.3 is 5.97 Å². The molecule has 1 N–H and O–H groups in total. The predicted molar refractivity (Wildman–Crippen MR) is 74.0 cm³/mol. The molecular formula is C11H11NO4S3. The Kier molecular flexibility index (Phi) is 4.35. The number of ether oxygens (including phenoxy) is 1. The minimum atomic E-state index is -3.71. The van der Waals surface area contributed by atoms with Crippen LogP contribution in [0.3, 0.4) is 0 Å². The molecule has 0 aliphatic carbocycles. The van der Waals surface area contributed by atoms with Gasteiger partial charge in [0.25, 0.3) is 0 Å². The summed E-state index contributed by atoms with van der Waals surface area (Å²) in [7, 11) is -2.49. The monoisotopic (exact) mass is 317 g/mol. The maximum atomic E-state index is 12.1. The van der Waals surface area contributed by atoms with Gasteiger partial charge in [0.05, 0.1) is 7.11 Å². The predicted octanol–water partition coefficient (Wildman–Crippen LogP) is 2.07. The zero-order valence-corrected chi connectivity index (χ0v) is 12.4. The lowest BCUT2D eigenvalue weighted by molar-refractivity contribution is 0.0602. The first-order valence-electron chi connectivity index (χ1n) is 5.22. The molecule has 0 saturated heterocycles. The number of carbonyl (C=O) groups is 1. The molecule has 0 saturated carbocycles. The highest BCUT2D eigenvalue weighted by Crippen LogP contribution is 2.23. The van der Waals surface area contributed by atoms with Gasteiger partial charge in [0.2, 0.25) is 10.0 Å². The first-order valence-corrected chi connectivity index (χ1v) is 8.46. The number of sulfonamides is 1. The first-order chi connectivity index (χ1) is 9.04. The average molecular weight is 317 g/mol. The van der Waals surface area contributed by atoms with E-state index in [0.29, 0.717) is 0 Å². The van der Waals surface area contributed by atoms with Crippen molar-refractivity contribution < 1.29 is 17.9 Å². The maximum Gasteiger partial charge on any atom is 0.349 e. The lowest BCUT2D eigenvalue weighted by Gasteiger charge is -2.05. The number of carbonyl (C=O) groups excluding carboxylic acids is 1. The summed E-state index contributed by atoms with van der Waals surface area (Å²) in [4.78, 5) is 12.4. The van der Waals surface area contributed by atoms with E-state index < -0.39 is 16.0 Å². The van der Waals surface area contributed by atoms with Crippen LogP contribution in [0.25, 0.3) is 0 Å². The van der Waals surface area contributed by atoms with Crippen LogP contribution in [0, 0.1) is 0 Å². The van der Waals surface area contributed by atoms with Gasteiger partial charge in [-0.2, -0.15) is 0 Å². The van der Waals surface area contributed by atoms with Gasteiger partial charge in [0.1, 0.15) is 9.77 Å². The molecule has 0 aliphatic heterocycles. The molecule has 19 heavy (non-hydrogen) atoms. The fraction of sp³-hybridized carbons (Fsp3) is 0.182. The van der Waals surface area contributed by atoms with Crippen molar-refractivity contribution in [2.24, 2.45) is 0 Å². The molecule has 5 nitrogen and oxygen atoms in total. The van der Waals surface area contributed by atoms with E-state index in [1.165, 1.54) is 24.5 Å². The van der Waals surface area contributed by atoms with Crippen LogP contribution >= 0.6 is 22.7 Å². The van der Waals surface area contributed by atoms with Crippen molar-refractivity contribution in [3.8, 4) is 0 Å². The van der Waals surface area contributed by atoms with Crippen molar-refractivity contribution in [1.29, 1.82) is 0 Å². The van der Waals surface area contributed by atoms with Crippen LogP contribution in [0.5, 0.6) is 0 Å². The third kappa shape index (κ3) is 3.21. The van der Waals surface area contributed by atoms with Crippen LogP contribution in [0.4, 0.5) is 0 Å². The van der Waals surface area contributed by atoms with Crippen molar-refractivity contribution in [2.45, 2.75) is 11.4 Å². The summed E-state index contributed by atoms with van der Waals surface area (Å²) in [5.41, 5.74) is 0. The molecule has 0 fully saturated rings. The Bertz CT molecular complexity index is 658. The Balaban J connectivity index is 2.20. The van der Waals surface area contributed by atoms with E-state index in [2.05, 4.69) is 9.46 Å². The number of nitrogens with one attached hydrogen (secondary N) is 1. The van der Waals surface area contributed by atoms with Gasteiger partial charge in [0.15, 0.2) is 0 Å². The van der Waals surface area contributed by atoms with Crippen molar-refractivity contribution in [2.75, 3.05) is 7.11 Å². The molecule has 2 rings (SSSR count). The van der Waals surface area contributed by atoms with E-state index in [4.69, 9.17) is 0 Å². The third-order valence-electron chi connectivity index (χ3n) is 2.31. The van der Waals surface area contributed by atoms with Crippen LogP contribution in [-0.4, -0.2) is 21.5 Å². The molecule has 2 aromatic heterocycles. The molecule has 0 amide bonds. The van der Waals surface area contributed by atoms with E-state index in [1.54, 1.807) is 5.38 Å². The van der Waals surface area contributed by atoms with Gasteiger partial charge in [0, 0.05) is 11.4 Å². The van der Waals surface area contributed by atoms with E-state index in [9.17, 15) is 13.2 Å². The molecule has 2 aromatic rings. The van der Waals surface area contributed by atoms with Gasteiger partial charge in [-0.3, -0.25) is 0 Å². The molecule has 8 heteroatoms. The quantitative estimate of drug-likeness (QED) is 0.857. The first kappa shape index (κ1) is 14.2. The summed E-state index contributed by atoms with van der Waals surface area (Å²) >= 11 is 2.50. The minimum Gasteiger partial charge on any atom is -0.465 e. The lowest BCUT2D eigenvalue weighted by atomic mass is 10.5. The summed E-state index contributed by atoms with van der Waals surface area (Å²) in [6, 6.07) is 5.08. The normalized spacial score (nSPS) is 11.4. The van der Waals surface area contributed by atoms with Crippen molar-refractivity contribution in [1.82, 2.24) is 4.72 Å². The molecule has 0 aliphatic rings. The summed E-state index contributed by atoms with van der Waals surface area (Å²) in [5.74, 6) is -0.647. The van der Waals surface area contributed by atoms with Crippen molar-refractivity contribution in [3.63, 3.8) is 0 Å². The highest BCUT2D eigenvalue weighted by Gasteiger charge is 2.24. The van der Waals surface area contributed by atoms with Gasteiger partial charge < -0.3 is 4.74 Å². The third-order valence-corrected chi connectivity index (χ3v) is 5.65. The second kappa shape index (κ2) is 5.83. The van der Waals surface area contributed by atoms with Crippen LogP contribution in [-0.2, 0) is 21.3 Å². The Morgan fingerprint density at radius 2 is 2.11 bits per heavy atom. The molecule has 0 radical (unpaired) electrons. The van der Waals surface area contributed by atoms with E-state index >= 15 is 0 Å². The van der Waals surface area contributed by atoms with Crippen molar-refractivity contribution in [3.05, 3.63) is 38.7 Å². The van der Waals surface area contributed by atoms with Crippen LogP contribution < -0.4 is 4.72 Å². The van der Waals surface area contributed by atoms with E-state index in [1.807, 2.05) is 17.5 Å². The lowest BCUT2D eigenvalue weighted by Crippen LogP contribution is -2.24. The SMILES string of the molecule is COC(=O)c1sccc1S(=O)(=O)NCc1cccs1. The number of hydrogen-bond acceptors (Lipinski definition) is 6. The number of hydrogen-bond donors (Lipinski definition) is 1. The Hall–Kier alpha value is -1.22. The number of methoxy groups -OCH3 is 1. The minimum absolute atomic E-state index is 0.0408. The Labute approximate surface area is 118 Å². The molecule has 0 atom stereocenters. The molecule has 102 valence electrons. The Morgan fingerprint density at radius 1 is 1.32 bits per heavy atom. The highest BCUT2D eigenvalue weighted by molar-refractivity contribution is 7.89. The van der Waals surface area contributed by atoms with E-state index in [0.717, 1.165) is 16.2 Å². The van der Waals surface area contributed by atoms with Crippen LogP contribution in [0.15, 0.2) is 33.9 Å². The second-order valence-electron chi connectivity index (χ2n) is 3.51. The smallest absolute Gasteiger partial charge is 0.349 e. The zero-order valence-electron chi connectivity index (χ0n) is 9.95. The zero-order chi connectivity index (χ0) is 13.9. The van der Waals surface area contributed by atoms with Crippen molar-refractivity contribution >= 4 is 38.7 Å². The molecule has 0 unspecified atom stereocenters. The summed E-state index contributed by atoms with van der Waals surface area (Å²) in [6.07, 6.45) is 0.